The van der Waals surface area contributed by atoms with E-state index in [1.54, 1.807) is 12.1 Å². The van der Waals surface area contributed by atoms with Gasteiger partial charge in [0, 0.05) is 23.8 Å². The first kappa shape index (κ1) is 11.0. The van der Waals surface area contributed by atoms with E-state index in [1.165, 1.54) is 12.1 Å². The number of aromatic nitrogens is 2. The van der Waals surface area contributed by atoms with Gasteiger partial charge in [-0.05, 0) is 43.0 Å². The molecular formula is C13H11BFN3. The lowest BCUT2D eigenvalue weighted by Gasteiger charge is -2.14. The molecule has 0 amide bonds. The summed E-state index contributed by atoms with van der Waals surface area (Å²) in [5.41, 5.74) is 2.85. The zero-order valence-corrected chi connectivity index (χ0v) is 9.81. The molecule has 0 N–H and O–H groups in total. The molecule has 0 unspecified atom stereocenters. The van der Waals surface area contributed by atoms with E-state index in [4.69, 9.17) is 5.26 Å². The van der Waals surface area contributed by atoms with Crippen molar-refractivity contribution in [3.05, 3.63) is 41.8 Å². The van der Waals surface area contributed by atoms with Crippen molar-refractivity contribution in [1.82, 2.24) is 9.78 Å². The molecule has 1 aliphatic heterocycles. The second-order valence-electron chi connectivity index (χ2n) is 4.57. The topological polar surface area (TPSA) is 41.6 Å². The zero-order chi connectivity index (χ0) is 12.5. The van der Waals surface area contributed by atoms with Gasteiger partial charge in [-0.1, -0.05) is 0 Å². The Morgan fingerprint density at radius 3 is 2.83 bits per heavy atom. The van der Waals surface area contributed by atoms with Crippen LogP contribution < -0.4 is 0 Å². The van der Waals surface area contributed by atoms with Gasteiger partial charge in [-0.15, -0.1) is 0 Å². The van der Waals surface area contributed by atoms with Crippen molar-refractivity contribution >= 4 is 6.71 Å². The minimum Gasteiger partial charge on any atom is -0.270 e. The Morgan fingerprint density at radius 1 is 1.33 bits per heavy atom. The summed E-state index contributed by atoms with van der Waals surface area (Å²) in [6.07, 6.45) is 1.61. The molecular weight excluding hydrogens is 228 g/mol. The summed E-state index contributed by atoms with van der Waals surface area (Å²) in [6.45, 7) is 0.879. The summed E-state index contributed by atoms with van der Waals surface area (Å²) in [6, 6.07) is 8.32. The molecule has 5 heteroatoms. The maximum Gasteiger partial charge on any atom is 0.275 e. The van der Waals surface area contributed by atoms with Crippen LogP contribution in [-0.2, 0) is 12.9 Å². The predicted molar refractivity (Wildman–Crippen MR) is 67.5 cm³/mol. The Morgan fingerprint density at radius 2 is 2.11 bits per heavy atom. The molecule has 0 atom stereocenters. The predicted octanol–water partition coefficient (Wildman–Crippen LogP) is 2.34. The molecule has 1 aromatic heterocycles. The van der Waals surface area contributed by atoms with Crippen LogP contribution in [-0.4, -0.2) is 16.5 Å². The van der Waals surface area contributed by atoms with E-state index >= 15 is 0 Å². The molecule has 1 aliphatic rings. The van der Waals surface area contributed by atoms with Crippen LogP contribution in [0.15, 0.2) is 30.3 Å². The van der Waals surface area contributed by atoms with Crippen LogP contribution in [0.3, 0.4) is 0 Å². The number of rotatable bonds is 1. The maximum atomic E-state index is 12.9. The van der Waals surface area contributed by atoms with Crippen LogP contribution in [0.2, 0.25) is 6.32 Å². The van der Waals surface area contributed by atoms with Gasteiger partial charge in [-0.25, -0.2) is 9.65 Å². The van der Waals surface area contributed by atoms with E-state index in [0.29, 0.717) is 0 Å². The molecule has 0 spiro atoms. The van der Waals surface area contributed by atoms with E-state index in [9.17, 15) is 4.39 Å². The fourth-order valence-corrected chi connectivity index (χ4v) is 2.32. The summed E-state index contributed by atoms with van der Waals surface area (Å²) in [4.78, 5) is 0. The number of nitrogens with zero attached hydrogens (tertiary/aromatic N) is 3. The molecule has 0 saturated carbocycles. The Hall–Kier alpha value is -2.09. The molecule has 0 aliphatic carbocycles. The summed E-state index contributed by atoms with van der Waals surface area (Å²) >= 11 is 0. The van der Waals surface area contributed by atoms with Crippen LogP contribution >= 0.6 is 0 Å². The Bertz CT molecular complexity index is 612. The van der Waals surface area contributed by atoms with Crippen molar-refractivity contribution in [2.24, 2.45) is 0 Å². The first-order valence-electron chi connectivity index (χ1n) is 5.98. The molecule has 0 fully saturated rings. The molecule has 18 heavy (non-hydrogen) atoms. The van der Waals surface area contributed by atoms with Crippen molar-refractivity contribution in [2.45, 2.75) is 19.2 Å². The van der Waals surface area contributed by atoms with E-state index in [2.05, 4.69) is 11.1 Å². The van der Waals surface area contributed by atoms with Gasteiger partial charge < -0.3 is 0 Å². The van der Waals surface area contributed by atoms with Gasteiger partial charge in [0.05, 0.1) is 5.69 Å². The fraction of sp³-hybridized carbons (Fsp3) is 0.231. The minimum atomic E-state index is -0.243. The highest BCUT2D eigenvalue weighted by Crippen LogP contribution is 2.23. The number of halogens is 1. The van der Waals surface area contributed by atoms with Gasteiger partial charge in [0.1, 0.15) is 5.82 Å². The third-order valence-corrected chi connectivity index (χ3v) is 3.33. The Balaban J connectivity index is 1.94. The highest BCUT2D eigenvalue weighted by molar-refractivity contribution is 6.66. The number of aryl methyl sites for hydroxylation is 1. The van der Waals surface area contributed by atoms with Crippen LogP contribution in [0.25, 0.3) is 11.3 Å². The van der Waals surface area contributed by atoms with Gasteiger partial charge in [0.15, 0.2) is 0 Å². The lowest BCUT2D eigenvalue weighted by Crippen LogP contribution is -2.25. The zero-order valence-electron chi connectivity index (χ0n) is 9.81. The van der Waals surface area contributed by atoms with Gasteiger partial charge in [0.25, 0.3) is 6.71 Å². The molecule has 0 bridgehead atoms. The molecule has 0 radical (unpaired) electrons. The summed E-state index contributed by atoms with van der Waals surface area (Å²) in [5, 5.41) is 13.5. The average molecular weight is 239 g/mol. The summed E-state index contributed by atoms with van der Waals surface area (Å²) < 4.78 is 14.8. The Labute approximate surface area is 105 Å². The average Bonchev–Trinajstić information content (AvgIpc) is 2.82. The summed E-state index contributed by atoms with van der Waals surface area (Å²) in [5.74, 6) is 2.07. The van der Waals surface area contributed by atoms with Gasteiger partial charge in [-0.2, -0.15) is 5.10 Å². The fourth-order valence-electron chi connectivity index (χ4n) is 2.32. The largest absolute Gasteiger partial charge is 0.275 e. The molecule has 3 rings (SSSR count). The SMILES string of the molecule is N#CB1CCn2nc(-c3ccc(F)cc3)cc2C1. The highest BCUT2D eigenvalue weighted by Gasteiger charge is 2.23. The maximum absolute atomic E-state index is 12.9. The van der Waals surface area contributed by atoms with E-state index in [0.717, 1.165) is 36.1 Å². The monoisotopic (exact) mass is 239 g/mol. The van der Waals surface area contributed by atoms with Crippen LogP contribution in [0.5, 0.6) is 0 Å². The van der Waals surface area contributed by atoms with Gasteiger partial charge in [-0.3, -0.25) is 4.68 Å². The molecule has 3 nitrogen and oxygen atoms in total. The number of hydrogen-bond donors (Lipinski definition) is 0. The van der Waals surface area contributed by atoms with Gasteiger partial charge in [0.2, 0.25) is 0 Å². The van der Waals surface area contributed by atoms with Crippen molar-refractivity contribution < 1.29 is 4.39 Å². The van der Waals surface area contributed by atoms with Crippen molar-refractivity contribution in [2.75, 3.05) is 0 Å². The van der Waals surface area contributed by atoms with E-state index in [-0.39, 0.29) is 12.5 Å². The number of benzene rings is 1. The summed E-state index contributed by atoms with van der Waals surface area (Å²) in [7, 11) is 0. The third kappa shape index (κ3) is 1.90. The lowest BCUT2D eigenvalue weighted by molar-refractivity contribution is 0.616. The second kappa shape index (κ2) is 4.30. The molecule has 2 heterocycles. The first-order valence-corrected chi connectivity index (χ1v) is 5.98. The number of nitriles is 1. The second-order valence-corrected chi connectivity index (χ2v) is 4.57. The van der Waals surface area contributed by atoms with Crippen molar-refractivity contribution in [3.63, 3.8) is 0 Å². The quantitative estimate of drug-likeness (QED) is 0.716. The normalized spacial score (nSPS) is 14.1. The van der Waals surface area contributed by atoms with Gasteiger partial charge >= 0.3 is 0 Å². The Kier molecular flexibility index (Phi) is 2.64. The smallest absolute Gasteiger partial charge is 0.270 e. The molecule has 0 saturated heterocycles. The highest BCUT2D eigenvalue weighted by atomic mass is 19.1. The molecule has 2 aromatic rings. The van der Waals surface area contributed by atoms with Crippen molar-refractivity contribution in [3.8, 4) is 17.2 Å². The van der Waals surface area contributed by atoms with Crippen LogP contribution in [0.4, 0.5) is 4.39 Å². The molecule has 1 aromatic carbocycles. The van der Waals surface area contributed by atoms with Crippen molar-refractivity contribution in [1.29, 1.82) is 5.26 Å². The van der Waals surface area contributed by atoms with E-state index < -0.39 is 0 Å². The van der Waals surface area contributed by atoms with Crippen LogP contribution in [0.1, 0.15) is 5.69 Å². The molecule has 88 valence electrons. The number of hydrogen-bond acceptors (Lipinski definition) is 2. The van der Waals surface area contributed by atoms with Crippen LogP contribution in [0, 0.1) is 17.0 Å². The van der Waals surface area contributed by atoms with E-state index in [1.807, 2.05) is 10.7 Å². The lowest BCUT2D eigenvalue weighted by atomic mass is 9.45. The third-order valence-electron chi connectivity index (χ3n) is 3.33. The first-order chi connectivity index (χ1) is 8.76. The minimum absolute atomic E-state index is 0.0928. The number of fused-ring (bicyclic) bond motifs is 1. The standard InChI is InChI=1S/C13H11BFN3/c15-11-3-1-10(2-4-11)13-7-12-8-14(9-16)5-6-18(12)17-13/h1-4,7H,5-6,8H2.